The third-order valence-corrected chi connectivity index (χ3v) is 4.02. The second-order valence-electron chi connectivity index (χ2n) is 5.67. The van der Waals surface area contributed by atoms with Crippen LogP contribution in [0.1, 0.15) is 24.8 Å². The van der Waals surface area contributed by atoms with Crippen molar-refractivity contribution in [3.05, 3.63) is 35.4 Å². The van der Waals surface area contributed by atoms with E-state index in [1.165, 1.54) is 12.1 Å². The molecule has 0 radical (unpaired) electrons. The molecule has 1 unspecified atom stereocenters. The van der Waals surface area contributed by atoms with Crippen molar-refractivity contribution in [2.75, 3.05) is 26.7 Å². The van der Waals surface area contributed by atoms with Gasteiger partial charge in [0, 0.05) is 13.1 Å². The van der Waals surface area contributed by atoms with Crippen molar-refractivity contribution in [3.8, 4) is 0 Å². The molecule has 0 bridgehead atoms. The van der Waals surface area contributed by atoms with E-state index in [2.05, 4.69) is 5.32 Å². The summed E-state index contributed by atoms with van der Waals surface area (Å²) in [5.41, 5.74) is 0.813. The molecule has 1 fully saturated rings. The molecule has 0 aromatic heterocycles. The Bertz CT molecular complexity index is 493. The van der Waals surface area contributed by atoms with E-state index in [0.29, 0.717) is 12.5 Å². The van der Waals surface area contributed by atoms with Crippen LogP contribution in [-0.4, -0.2) is 37.5 Å². The van der Waals surface area contributed by atoms with Gasteiger partial charge >= 0.3 is 0 Å². The molecule has 1 atom stereocenters. The molecular weight excluding hydrogens is 274 g/mol. The molecule has 1 aliphatic heterocycles. The van der Waals surface area contributed by atoms with Crippen LogP contribution < -0.4 is 5.32 Å². The van der Waals surface area contributed by atoms with Crippen LogP contribution in [0, 0.1) is 17.6 Å². The number of carbonyl (C=O) groups excluding carboxylic acids is 1. The summed E-state index contributed by atoms with van der Waals surface area (Å²) in [6.45, 7) is 1.96. The molecule has 21 heavy (non-hydrogen) atoms. The number of likely N-dealkylation sites (tertiary alicyclic amines) is 1. The largest absolute Gasteiger partial charge is 0.341 e. The average Bonchev–Trinajstić information content (AvgIpc) is 2.49. The minimum absolute atomic E-state index is 0.134. The normalized spacial score (nSPS) is 18.8. The molecule has 1 saturated heterocycles. The molecule has 2 rings (SSSR count). The SMILES string of the molecule is CNCC(=O)N1CCCC(CCc2ccc(F)c(F)c2)C1. The van der Waals surface area contributed by atoms with E-state index in [0.717, 1.165) is 44.3 Å². The fourth-order valence-corrected chi connectivity index (χ4v) is 2.86. The molecule has 0 aliphatic carbocycles. The van der Waals surface area contributed by atoms with Crippen molar-refractivity contribution >= 4 is 5.91 Å². The Morgan fingerprint density at radius 1 is 1.38 bits per heavy atom. The maximum atomic E-state index is 13.2. The van der Waals surface area contributed by atoms with E-state index in [9.17, 15) is 13.6 Å². The first kappa shape index (κ1) is 15.9. The van der Waals surface area contributed by atoms with E-state index in [-0.39, 0.29) is 5.91 Å². The number of aryl methyl sites for hydroxylation is 1. The first-order valence-electron chi connectivity index (χ1n) is 7.46. The van der Waals surface area contributed by atoms with Crippen LogP contribution >= 0.6 is 0 Å². The minimum Gasteiger partial charge on any atom is -0.341 e. The summed E-state index contributed by atoms with van der Waals surface area (Å²) in [5, 5.41) is 2.88. The highest BCUT2D eigenvalue weighted by Crippen LogP contribution is 2.22. The predicted molar refractivity (Wildman–Crippen MR) is 77.9 cm³/mol. The number of likely N-dealkylation sites (N-methyl/N-ethyl adjacent to an activating group) is 1. The van der Waals surface area contributed by atoms with Gasteiger partial charge in [0.05, 0.1) is 6.54 Å². The van der Waals surface area contributed by atoms with Crippen molar-refractivity contribution in [1.29, 1.82) is 0 Å². The second kappa shape index (κ2) is 7.50. The molecule has 5 heteroatoms. The molecular formula is C16H22F2N2O. The average molecular weight is 296 g/mol. The highest BCUT2D eigenvalue weighted by Gasteiger charge is 2.22. The minimum atomic E-state index is -0.805. The monoisotopic (exact) mass is 296 g/mol. The summed E-state index contributed by atoms with van der Waals surface area (Å²) in [6, 6.07) is 4.07. The number of hydrogen-bond acceptors (Lipinski definition) is 2. The van der Waals surface area contributed by atoms with Gasteiger partial charge in [-0.2, -0.15) is 0 Å². The van der Waals surface area contributed by atoms with Crippen LogP contribution in [0.5, 0.6) is 0 Å². The number of nitrogens with one attached hydrogen (secondary N) is 1. The van der Waals surface area contributed by atoms with Gasteiger partial charge in [-0.15, -0.1) is 0 Å². The van der Waals surface area contributed by atoms with E-state index < -0.39 is 11.6 Å². The Morgan fingerprint density at radius 3 is 2.90 bits per heavy atom. The van der Waals surface area contributed by atoms with Gasteiger partial charge in [-0.25, -0.2) is 8.78 Å². The smallest absolute Gasteiger partial charge is 0.236 e. The standard InChI is InChI=1S/C16H22F2N2O/c1-19-10-16(21)20-8-2-3-13(11-20)5-4-12-6-7-14(17)15(18)9-12/h6-7,9,13,19H,2-5,8,10-11H2,1H3. The van der Waals surface area contributed by atoms with Crippen molar-refractivity contribution in [3.63, 3.8) is 0 Å². The van der Waals surface area contributed by atoms with Crippen LogP contribution in [0.15, 0.2) is 18.2 Å². The first-order valence-corrected chi connectivity index (χ1v) is 7.46. The number of nitrogens with zero attached hydrogens (tertiary/aromatic N) is 1. The molecule has 1 aliphatic rings. The van der Waals surface area contributed by atoms with Crippen molar-refractivity contribution in [2.24, 2.45) is 5.92 Å². The van der Waals surface area contributed by atoms with Crippen LogP contribution in [-0.2, 0) is 11.2 Å². The lowest BCUT2D eigenvalue weighted by Gasteiger charge is -2.33. The highest BCUT2D eigenvalue weighted by atomic mass is 19.2. The Kier molecular flexibility index (Phi) is 5.67. The number of carbonyl (C=O) groups is 1. The molecule has 1 aromatic rings. The Balaban J connectivity index is 1.85. The molecule has 0 spiro atoms. The fourth-order valence-electron chi connectivity index (χ4n) is 2.86. The lowest BCUT2D eigenvalue weighted by atomic mass is 9.91. The van der Waals surface area contributed by atoms with Gasteiger partial charge in [0.15, 0.2) is 11.6 Å². The predicted octanol–water partition coefficient (Wildman–Crippen LogP) is 2.36. The van der Waals surface area contributed by atoms with Crippen LogP contribution in [0.3, 0.4) is 0 Å². The zero-order chi connectivity index (χ0) is 15.2. The summed E-state index contributed by atoms with van der Waals surface area (Å²) in [5.74, 6) is -1.02. The second-order valence-corrected chi connectivity index (χ2v) is 5.67. The van der Waals surface area contributed by atoms with Gasteiger partial charge in [-0.1, -0.05) is 6.07 Å². The number of hydrogen-bond donors (Lipinski definition) is 1. The van der Waals surface area contributed by atoms with Gasteiger partial charge in [0.2, 0.25) is 5.91 Å². The van der Waals surface area contributed by atoms with Crippen molar-refractivity contribution in [1.82, 2.24) is 10.2 Å². The zero-order valence-electron chi connectivity index (χ0n) is 12.4. The summed E-state index contributed by atoms with van der Waals surface area (Å²) in [6.07, 6.45) is 3.72. The van der Waals surface area contributed by atoms with E-state index >= 15 is 0 Å². The summed E-state index contributed by atoms with van der Waals surface area (Å²) in [7, 11) is 1.77. The molecule has 1 aromatic carbocycles. The van der Waals surface area contributed by atoms with Gasteiger partial charge < -0.3 is 10.2 Å². The van der Waals surface area contributed by atoms with E-state index in [4.69, 9.17) is 0 Å². The number of piperidine rings is 1. The maximum Gasteiger partial charge on any atom is 0.236 e. The molecule has 0 saturated carbocycles. The molecule has 1 N–H and O–H groups in total. The van der Waals surface area contributed by atoms with Crippen LogP contribution in [0.25, 0.3) is 0 Å². The summed E-state index contributed by atoms with van der Waals surface area (Å²) >= 11 is 0. The van der Waals surface area contributed by atoms with Crippen molar-refractivity contribution in [2.45, 2.75) is 25.7 Å². The van der Waals surface area contributed by atoms with Gasteiger partial charge in [0.25, 0.3) is 0 Å². The van der Waals surface area contributed by atoms with E-state index in [1.54, 1.807) is 13.1 Å². The topological polar surface area (TPSA) is 32.3 Å². The zero-order valence-corrected chi connectivity index (χ0v) is 12.4. The summed E-state index contributed by atoms with van der Waals surface area (Å²) in [4.78, 5) is 13.8. The van der Waals surface area contributed by atoms with Crippen LogP contribution in [0.4, 0.5) is 8.78 Å². The van der Waals surface area contributed by atoms with Gasteiger partial charge in [-0.3, -0.25) is 4.79 Å². The quantitative estimate of drug-likeness (QED) is 0.904. The molecule has 3 nitrogen and oxygen atoms in total. The Labute approximate surface area is 124 Å². The Morgan fingerprint density at radius 2 is 2.19 bits per heavy atom. The van der Waals surface area contributed by atoms with Crippen molar-refractivity contribution < 1.29 is 13.6 Å². The number of rotatable bonds is 5. The lowest BCUT2D eigenvalue weighted by molar-refractivity contribution is -0.131. The number of benzene rings is 1. The molecule has 116 valence electrons. The first-order chi connectivity index (χ1) is 10.1. The number of amides is 1. The lowest BCUT2D eigenvalue weighted by Crippen LogP contribution is -2.43. The molecule has 1 amide bonds. The number of halogens is 2. The highest BCUT2D eigenvalue weighted by molar-refractivity contribution is 5.78. The van der Waals surface area contributed by atoms with Gasteiger partial charge in [-0.05, 0) is 56.3 Å². The third-order valence-electron chi connectivity index (χ3n) is 4.02. The fraction of sp³-hybridized carbons (Fsp3) is 0.562. The summed E-state index contributed by atoms with van der Waals surface area (Å²) < 4.78 is 26.0. The van der Waals surface area contributed by atoms with Gasteiger partial charge in [0.1, 0.15) is 0 Å². The maximum absolute atomic E-state index is 13.2. The Hall–Kier alpha value is -1.49. The molecule has 1 heterocycles. The van der Waals surface area contributed by atoms with Crippen LogP contribution in [0.2, 0.25) is 0 Å². The van der Waals surface area contributed by atoms with E-state index in [1.807, 2.05) is 4.90 Å². The third kappa shape index (κ3) is 4.49.